The van der Waals surface area contributed by atoms with Crippen LogP contribution in [0.25, 0.3) is 0 Å². The molecule has 0 aliphatic heterocycles. The number of aryl methyl sites for hydroxylation is 2. The van der Waals surface area contributed by atoms with Gasteiger partial charge in [-0.1, -0.05) is 257 Å². The Labute approximate surface area is 380 Å². The standard InChI is InChI=1S/2C27H50N.H2O4S/c2*1-2-3-4-5-6-7-8-9-10-11-12-13-14-15-16-17-18-19-20-22-25-28-26-23-21-24-27-28;1-5(2,3)4/h2*21,23-24,26-27H,2-20,22,25H2,1H3;(H2,1,2,3,4)/q2*+1;/p-2. The molecule has 0 bridgehead atoms. The summed E-state index contributed by atoms with van der Waals surface area (Å²) in [5, 5.41) is 0. The van der Waals surface area contributed by atoms with Gasteiger partial charge in [0, 0.05) is 47.5 Å². The van der Waals surface area contributed by atoms with Gasteiger partial charge in [0.15, 0.2) is 24.8 Å². The summed E-state index contributed by atoms with van der Waals surface area (Å²) in [4.78, 5) is 0. The highest BCUT2D eigenvalue weighted by molar-refractivity contribution is 7.79. The minimum absolute atomic E-state index is 1.18. The van der Waals surface area contributed by atoms with Crippen LogP contribution in [0.3, 0.4) is 0 Å². The van der Waals surface area contributed by atoms with Gasteiger partial charge in [0.1, 0.15) is 13.1 Å². The molecule has 0 aliphatic carbocycles. The van der Waals surface area contributed by atoms with E-state index in [0.29, 0.717) is 0 Å². The van der Waals surface area contributed by atoms with E-state index in [1.807, 2.05) is 0 Å². The van der Waals surface area contributed by atoms with Crippen LogP contribution in [0, 0.1) is 0 Å². The van der Waals surface area contributed by atoms with Crippen molar-refractivity contribution in [1.82, 2.24) is 0 Å². The Bertz CT molecular complexity index is 1110. The van der Waals surface area contributed by atoms with Crippen LogP contribution >= 0.6 is 0 Å². The fraction of sp³-hybridized carbons (Fsp3) is 0.815. The summed E-state index contributed by atoms with van der Waals surface area (Å²) in [6.45, 7) is 6.96. The SMILES string of the molecule is CCCCCCCCCCCCCCCCCCCCCC[n+]1ccccc1.CCCCCCCCCCCCCCCCCCCCCC[n+]1ccccc1.O=S(=O)([O-])[O-]. The van der Waals surface area contributed by atoms with Crippen LogP contribution in [-0.4, -0.2) is 17.5 Å². The number of hydrogen-bond donors (Lipinski definition) is 0. The van der Waals surface area contributed by atoms with Crippen LogP contribution in [0.5, 0.6) is 0 Å². The molecule has 0 aromatic carbocycles. The molecule has 0 amide bonds. The van der Waals surface area contributed by atoms with Gasteiger partial charge in [0.25, 0.3) is 0 Å². The lowest BCUT2D eigenvalue weighted by Gasteiger charge is -2.06. The van der Waals surface area contributed by atoms with Crippen LogP contribution in [0.15, 0.2) is 61.2 Å². The Balaban J connectivity index is 0.00000106. The molecule has 2 aromatic heterocycles. The maximum atomic E-state index is 8.52. The monoisotopic (exact) mass is 873 g/mol. The highest BCUT2D eigenvalue weighted by Gasteiger charge is 2.00. The number of pyridine rings is 2. The summed E-state index contributed by atoms with van der Waals surface area (Å²) in [6, 6.07) is 12.7. The van der Waals surface area contributed by atoms with Crippen LogP contribution in [-0.2, 0) is 23.5 Å². The molecule has 7 heteroatoms. The molecular formula is C54H100N2O4S. The van der Waals surface area contributed by atoms with E-state index >= 15 is 0 Å². The number of aromatic nitrogens is 2. The number of nitrogens with zero attached hydrogens (tertiary/aromatic N) is 2. The lowest BCUT2D eigenvalue weighted by molar-refractivity contribution is -0.697. The highest BCUT2D eigenvalue weighted by atomic mass is 32.3. The van der Waals surface area contributed by atoms with Gasteiger partial charge in [-0.2, -0.15) is 0 Å². The second-order valence-electron chi connectivity index (χ2n) is 18.1. The summed E-state index contributed by atoms with van der Waals surface area (Å²) >= 11 is 0. The number of hydrogen-bond acceptors (Lipinski definition) is 4. The summed E-state index contributed by atoms with van der Waals surface area (Å²) in [5.74, 6) is 0. The van der Waals surface area contributed by atoms with Gasteiger partial charge in [-0.15, -0.1) is 0 Å². The van der Waals surface area contributed by atoms with Crippen molar-refractivity contribution in [3.63, 3.8) is 0 Å². The average molecular weight is 873 g/mol. The quantitative estimate of drug-likeness (QED) is 0.0288. The molecule has 6 nitrogen and oxygen atoms in total. The minimum Gasteiger partial charge on any atom is -0.759 e. The van der Waals surface area contributed by atoms with Crippen LogP contribution in [0.1, 0.15) is 271 Å². The van der Waals surface area contributed by atoms with Gasteiger partial charge < -0.3 is 9.11 Å². The fourth-order valence-electron chi connectivity index (χ4n) is 8.27. The van der Waals surface area contributed by atoms with Crippen LogP contribution in [0.4, 0.5) is 0 Å². The minimum atomic E-state index is -5.17. The van der Waals surface area contributed by atoms with E-state index in [2.05, 4.69) is 84.2 Å². The summed E-state index contributed by atoms with van der Waals surface area (Å²) in [7, 11) is -5.17. The van der Waals surface area contributed by atoms with E-state index in [1.54, 1.807) is 0 Å². The zero-order valence-electron chi connectivity index (χ0n) is 40.4. The topological polar surface area (TPSA) is 88.0 Å². The molecule has 0 radical (unpaired) electrons. The second-order valence-corrected chi connectivity index (χ2v) is 18.9. The Hall–Kier alpha value is -1.83. The van der Waals surface area contributed by atoms with E-state index in [1.165, 1.54) is 270 Å². The maximum Gasteiger partial charge on any atom is 0.168 e. The Kier molecular flexibility index (Phi) is 47.7. The Morgan fingerprint density at radius 2 is 0.426 bits per heavy atom. The van der Waals surface area contributed by atoms with E-state index < -0.39 is 10.4 Å². The summed E-state index contributed by atoms with van der Waals surface area (Å²) < 4.78 is 38.7. The highest BCUT2D eigenvalue weighted by Crippen LogP contribution is 2.16. The van der Waals surface area contributed by atoms with Crippen LogP contribution < -0.4 is 9.13 Å². The predicted molar refractivity (Wildman–Crippen MR) is 260 cm³/mol. The van der Waals surface area contributed by atoms with Gasteiger partial charge in [-0.05, 0) is 12.8 Å². The zero-order valence-corrected chi connectivity index (χ0v) is 41.2. The molecule has 61 heavy (non-hydrogen) atoms. The summed E-state index contributed by atoms with van der Waals surface area (Å²) in [5.41, 5.74) is 0. The van der Waals surface area contributed by atoms with Crippen molar-refractivity contribution in [3.05, 3.63) is 61.2 Å². The van der Waals surface area contributed by atoms with Gasteiger partial charge >= 0.3 is 0 Å². The largest absolute Gasteiger partial charge is 0.759 e. The Morgan fingerprint density at radius 1 is 0.279 bits per heavy atom. The number of unbranched alkanes of at least 4 members (excludes halogenated alkanes) is 38. The van der Waals surface area contributed by atoms with Crippen molar-refractivity contribution in [2.24, 2.45) is 0 Å². The van der Waals surface area contributed by atoms with Crippen molar-refractivity contribution in [3.8, 4) is 0 Å². The van der Waals surface area contributed by atoms with Crippen molar-refractivity contribution >= 4 is 10.4 Å². The van der Waals surface area contributed by atoms with Gasteiger partial charge in [0.05, 0.1) is 0 Å². The molecule has 0 fully saturated rings. The van der Waals surface area contributed by atoms with Gasteiger partial charge in [0.2, 0.25) is 0 Å². The third-order valence-corrected chi connectivity index (χ3v) is 12.1. The lowest BCUT2D eigenvalue weighted by atomic mass is 10.0. The third-order valence-electron chi connectivity index (χ3n) is 12.1. The van der Waals surface area contributed by atoms with E-state index in [9.17, 15) is 0 Å². The first-order valence-corrected chi connectivity index (χ1v) is 27.7. The molecule has 2 rings (SSSR count). The molecule has 0 aliphatic rings. The molecular weight excluding hydrogens is 773 g/mol. The van der Waals surface area contributed by atoms with Crippen LogP contribution in [0.2, 0.25) is 0 Å². The normalized spacial score (nSPS) is 11.2. The van der Waals surface area contributed by atoms with E-state index in [0.717, 1.165) is 0 Å². The molecule has 0 saturated heterocycles. The predicted octanol–water partition coefficient (Wildman–Crippen LogP) is 16.3. The molecule has 0 N–H and O–H groups in total. The van der Waals surface area contributed by atoms with Crippen molar-refractivity contribution < 1.29 is 26.7 Å². The lowest BCUT2D eigenvalue weighted by Crippen LogP contribution is -2.32. The number of rotatable bonds is 42. The first kappa shape index (κ1) is 59.2. The molecule has 0 atom stereocenters. The third kappa shape index (κ3) is 54.2. The second kappa shape index (κ2) is 49.2. The molecule has 0 saturated carbocycles. The first-order valence-electron chi connectivity index (χ1n) is 26.4. The van der Waals surface area contributed by atoms with Gasteiger partial charge in [-0.25, -0.2) is 9.13 Å². The smallest absolute Gasteiger partial charge is 0.168 e. The molecule has 0 spiro atoms. The summed E-state index contributed by atoms with van der Waals surface area (Å²) in [6.07, 6.45) is 66.8. The van der Waals surface area contributed by atoms with E-state index in [4.69, 9.17) is 17.5 Å². The van der Waals surface area contributed by atoms with Crippen molar-refractivity contribution in [1.29, 1.82) is 0 Å². The fourth-order valence-corrected chi connectivity index (χ4v) is 8.27. The molecule has 2 aromatic rings. The van der Waals surface area contributed by atoms with Crippen molar-refractivity contribution in [2.75, 3.05) is 0 Å². The first-order chi connectivity index (χ1) is 29.9. The molecule has 356 valence electrons. The van der Waals surface area contributed by atoms with Crippen molar-refractivity contribution in [2.45, 2.75) is 284 Å². The van der Waals surface area contributed by atoms with E-state index in [-0.39, 0.29) is 0 Å². The zero-order chi connectivity index (χ0) is 44.4. The molecule has 0 unspecified atom stereocenters. The Morgan fingerprint density at radius 3 is 0.590 bits per heavy atom. The maximum absolute atomic E-state index is 8.52. The molecule has 2 heterocycles. The average Bonchev–Trinajstić information content (AvgIpc) is 3.25. The van der Waals surface area contributed by atoms with Gasteiger partial charge in [-0.3, -0.25) is 8.42 Å².